The highest BCUT2D eigenvalue weighted by molar-refractivity contribution is 5.71. The molecule has 0 aromatic heterocycles. The van der Waals surface area contributed by atoms with E-state index >= 15 is 0 Å². The van der Waals surface area contributed by atoms with Gasteiger partial charge in [0.2, 0.25) is 0 Å². The number of allylic oxidation sites excluding steroid dienone is 16. The Morgan fingerprint density at radius 2 is 0.793 bits per heavy atom. The second-order valence-corrected chi connectivity index (χ2v) is 15.0. The van der Waals surface area contributed by atoms with Gasteiger partial charge in [-0.2, -0.15) is 0 Å². The summed E-state index contributed by atoms with van der Waals surface area (Å²) in [6.45, 7) is 6.26. The summed E-state index contributed by atoms with van der Waals surface area (Å²) in [7, 11) is 0. The molecule has 0 aliphatic rings. The highest BCUT2D eigenvalue weighted by Gasteiger charge is 2.19. The molecular formula is C52H84O6. The maximum atomic E-state index is 12.7. The van der Waals surface area contributed by atoms with Gasteiger partial charge in [0, 0.05) is 19.3 Å². The molecule has 0 aliphatic heterocycles. The van der Waals surface area contributed by atoms with Crippen LogP contribution in [-0.2, 0) is 28.6 Å². The van der Waals surface area contributed by atoms with E-state index in [2.05, 4.69) is 112 Å². The minimum atomic E-state index is -0.827. The molecule has 58 heavy (non-hydrogen) atoms. The number of esters is 3. The fourth-order valence-corrected chi connectivity index (χ4v) is 5.92. The van der Waals surface area contributed by atoms with Crippen LogP contribution in [0, 0.1) is 0 Å². The van der Waals surface area contributed by atoms with Crippen molar-refractivity contribution in [1.29, 1.82) is 0 Å². The molecule has 0 aromatic rings. The molecule has 0 saturated carbocycles. The minimum Gasteiger partial charge on any atom is -0.462 e. The van der Waals surface area contributed by atoms with Crippen LogP contribution in [0.4, 0.5) is 0 Å². The zero-order chi connectivity index (χ0) is 42.3. The van der Waals surface area contributed by atoms with E-state index < -0.39 is 12.1 Å². The Hall–Kier alpha value is -3.67. The second-order valence-electron chi connectivity index (χ2n) is 15.0. The van der Waals surface area contributed by atoms with Crippen molar-refractivity contribution in [2.75, 3.05) is 13.2 Å². The van der Waals surface area contributed by atoms with Crippen molar-refractivity contribution in [3.05, 3.63) is 97.2 Å². The van der Waals surface area contributed by atoms with E-state index in [0.717, 1.165) is 77.0 Å². The molecule has 0 radical (unpaired) electrons. The van der Waals surface area contributed by atoms with Crippen molar-refractivity contribution >= 4 is 17.9 Å². The molecule has 0 N–H and O–H groups in total. The van der Waals surface area contributed by atoms with Gasteiger partial charge in [0.25, 0.3) is 0 Å². The van der Waals surface area contributed by atoms with Crippen molar-refractivity contribution in [2.45, 2.75) is 200 Å². The Morgan fingerprint density at radius 1 is 0.379 bits per heavy atom. The summed E-state index contributed by atoms with van der Waals surface area (Å²) >= 11 is 0. The molecule has 0 amide bonds. The lowest BCUT2D eigenvalue weighted by atomic mass is 10.1. The fraction of sp³-hybridized carbons (Fsp3) is 0.635. The van der Waals surface area contributed by atoms with Crippen LogP contribution in [0.2, 0.25) is 0 Å². The maximum Gasteiger partial charge on any atom is 0.306 e. The van der Waals surface area contributed by atoms with Crippen molar-refractivity contribution in [2.24, 2.45) is 0 Å². The van der Waals surface area contributed by atoms with Crippen LogP contribution >= 0.6 is 0 Å². The zero-order valence-electron chi connectivity index (χ0n) is 37.3. The van der Waals surface area contributed by atoms with Crippen molar-refractivity contribution in [3.63, 3.8) is 0 Å². The van der Waals surface area contributed by atoms with E-state index in [9.17, 15) is 14.4 Å². The van der Waals surface area contributed by atoms with Crippen LogP contribution in [0.1, 0.15) is 194 Å². The molecule has 6 nitrogen and oxygen atoms in total. The van der Waals surface area contributed by atoms with Gasteiger partial charge in [-0.05, 0) is 89.9 Å². The Bertz CT molecular complexity index is 1200. The lowest BCUT2D eigenvalue weighted by Gasteiger charge is -2.18. The third-order valence-electron chi connectivity index (χ3n) is 9.38. The summed E-state index contributed by atoms with van der Waals surface area (Å²) in [6, 6.07) is 0. The zero-order valence-corrected chi connectivity index (χ0v) is 37.3. The molecule has 0 bridgehead atoms. The van der Waals surface area contributed by atoms with E-state index in [4.69, 9.17) is 14.2 Å². The van der Waals surface area contributed by atoms with Gasteiger partial charge in [-0.3, -0.25) is 14.4 Å². The van der Waals surface area contributed by atoms with Crippen LogP contribution in [0.25, 0.3) is 0 Å². The predicted octanol–water partition coefficient (Wildman–Crippen LogP) is 15.0. The number of unbranched alkanes of at least 4 members (excludes halogenated alkanes) is 15. The van der Waals surface area contributed by atoms with E-state index in [1.807, 2.05) is 6.08 Å². The van der Waals surface area contributed by atoms with Gasteiger partial charge in [0.15, 0.2) is 6.10 Å². The summed E-state index contributed by atoms with van der Waals surface area (Å²) in [4.78, 5) is 37.7. The Balaban J connectivity index is 4.53. The first-order chi connectivity index (χ1) is 28.5. The number of carbonyl (C=O) groups is 3. The maximum absolute atomic E-state index is 12.7. The van der Waals surface area contributed by atoms with Gasteiger partial charge in [0.1, 0.15) is 13.2 Å². The third-order valence-corrected chi connectivity index (χ3v) is 9.38. The monoisotopic (exact) mass is 805 g/mol. The average molecular weight is 805 g/mol. The van der Waals surface area contributed by atoms with E-state index in [-0.39, 0.29) is 31.6 Å². The van der Waals surface area contributed by atoms with Gasteiger partial charge in [-0.1, -0.05) is 182 Å². The number of hydrogen-bond acceptors (Lipinski definition) is 6. The molecule has 0 heterocycles. The fourth-order valence-electron chi connectivity index (χ4n) is 5.92. The third kappa shape index (κ3) is 43.5. The molecule has 1 atom stereocenters. The normalized spacial score (nSPS) is 12.9. The lowest BCUT2D eigenvalue weighted by molar-refractivity contribution is -0.166. The SMILES string of the molecule is CC\C=C/C=C\C=C/CCCCCCCCCC(=O)OCC(COC(=O)CCCC/C=C\C/C=C\C/C=C\CC)OC(=O)CC/C=C\C/C=C\CCCCCCCC. The van der Waals surface area contributed by atoms with E-state index in [0.29, 0.717) is 25.7 Å². The van der Waals surface area contributed by atoms with Crippen molar-refractivity contribution < 1.29 is 28.6 Å². The molecule has 0 saturated heterocycles. The summed E-state index contributed by atoms with van der Waals surface area (Å²) in [5.74, 6) is -1.05. The van der Waals surface area contributed by atoms with E-state index in [1.165, 1.54) is 64.2 Å². The average Bonchev–Trinajstić information content (AvgIpc) is 3.22. The van der Waals surface area contributed by atoms with Crippen LogP contribution in [0.5, 0.6) is 0 Å². The molecule has 0 rings (SSSR count). The number of hydrogen-bond donors (Lipinski definition) is 0. The van der Waals surface area contributed by atoms with Gasteiger partial charge >= 0.3 is 17.9 Å². The van der Waals surface area contributed by atoms with Crippen molar-refractivity contribution in [1.82, 2.24) is 0 Å². The summed E-state index contributed by atoms with van der Waals surface area (Å²) in [6.07, 6.45) is 59.8. The molecule has 6 heteroatoms. The molecule has 0 fully saturated rings. The van der Waals surface area contributed by atoms with Crippen LogP contribution in [0.3, 0.4) is 0 Å². The Kier molecular flexibility index (Phi) is 43.1. The molecular weight excluding hydrogens is 721 g/mol. The molecule has 0 aliphatic carbocycles. The van der Waals surface area contributed by atoms with E-state index in [1.54, 1.807) is 0 Å². The van der Waals surface area contributed by atoms with Gasteiger partial charge < -0.3 is 14.2 Å². The smallest absolute Gasteiger partial charge is 0.306 e. The van der Waals surface area contributed by atoms with Gasteiger partial charge in [-0.25, -0.2) is 0 Å². The molecule has 328 valence electrons. The van der Waals surface area contributed by atoms with Crippen LogP contribution < -0.4 is 0 Å². The standard InChI is InChI=1S/C52H84O6/c1-4-7-10-13-16-19-22-25-26-28-30-33-36-39-42-45-51(54)57-48-49(47-56-50(53)44-41-38-35-32-29-24-21-18-15-12-9-6-3)58-52(55)46-43-40-37-34-31-27-23-20-17-14-11-8-5-2/h7,9-10,12-13,16,18-19,21-22,27,29,31-32,37,40,49H,4-6,8,11,14-15,17,20,23-26,28,30,33-36,38-39,41-48H2,1-3H3/b10-7-,12-9-,16-13-,21-18-,22-19-,31-27-,32-29-,40-37-. The lowest BCUT2D eigenvalue weighted by Crippen LogP contribution is -2.30. The largest absolute Gasteiger partial charge is 0.462 e. The highest BCUT2D eigenvalue weighted by atomic mass is 16.6. The molecule has 0 aromatic carbocycles. The number of ether oxygens (including phenoxy) is 3. The van der Waals surface area contributed by atoms with Gasteiger partial charge in [-0.15, -0.1) is 0 Å². The summed E-state index contributed by atoms with van der Waals surface area (Å²) < 4.78 is 16.6. The highest BCUT2D eigenvalue weighted by Crippen LogP contribution is 2.12. The first-order valence-electron chi connectivity index (χ1n) is 23.3. The number of carbonyl (C=O) groups excluding carboxylic acids is 3. The predicted molar refractivity (Wildman–Crippen MR) is 247 cm³/mol. The molecule has 1 unspecified atom stereocenters. The van der Waals surface area contributed by atoms with Crippen molar-refractivity contribution in [3.8, 4) is 0 Å². The Labute approximate surface area is 356 Å². The van der Waals surface area contributed by atoms with Crippen LogP contribution in [0.15, 0.2) is 97.2 Å². The minimum absolute atomic E-state index is 0.120. The first kappa shape index (κ1) is 54.3. The second kappa shape index (κ2) is 46.0. The summed E-state index contributed by atoms with van der Waals surface area (Å²) in [5, 5.41) is 0. The number of rotatable bonds is 40. The van der Waals surface area contributed by atoms with Crippen LogP contribution in [-0.4, -0.2) is 37.2 Å². The quantitative estimate of drug-likeness (QED) is 0.0202. The van der Waals surface area contributed by atoms with Gasteiger partial charge in [0.05, 0.1) is 0 Å². The topological polar surface area (TPSA) is 78.9 Å². The Morgan fingerprint density at radius 3 is 1.34 bits per heavy atom. The first-order valence-corrected chi connectivity index (χ1v) is 23.3. The summed E-state index contributed by atoms with van der Waals surface area (Å²) in [5.41, 5.74) is 0. The molecule has 0 spiro atoms.